The molecule has 2 aliphatic rings. The Hall–Kier alpha value is -3.27. The molecule has 4 atom stereocenters. The molecule has 0 radical (unpaired) electrons. The maximum atomic E-state index is 12.3. The van der Waals surface area contributed by atoms with Crippen LogP contribution >= 0.6 is 0 Å². The van der Waals surface area contributed by atoms with E-state index >= 15 is 0 Å². The van der Waals surface area contributed by atoms with Crippen LogP contribution in [0.5, 0.6) is 0 Å². The van der Waals surface area contributed by atoms with Crippen LogP contribution < -0.4 is 0 Å². The molecule has 0 aliphatic carbocycles. The maximum Gasteiger partial charge on any atom is 0.508 e. The molecule has 2 aromatic rings. The van der Waals surface area contributed by atoms with Gasteiger partial charge in [-0.3, -0.25) is 0 Å². The highest BCUT2D eigenvalue weighted by molar-refractivity contribution is 5.71. The van der Waals surface area contributed by atoms with Gasteiger partial charge in [0, 0.05) is 14.1 Å². The first-order chi connectivity index (χ1) is 17.6. The topological polar surface area (TPSA) is 133 Å². The lowest BCUT2D eigenvalue weighted by atomic mass is 9.92. The van der Waals surface area contributed by atoms with Crippen molar-refractivity contribution < 1.29 is 28.5 Å². The van der Waals surface area contributed by atoms with Crippen molar-refractivity contribution in [3.8, 4) is 6.07 Å². The van der Waals surface area contributed by atoms with Gasteiger partial charge >= 0.3 is 6.16 Å². The smallest absolute Gasteiger partial charge is 0.434 e. The summed E-state index contributed by atoms with van der Waals surface area (Å²) in [5.41, 5.74) is -0.563. The summed E-state index contributed by atoms with van der Waals surface area (Å²) >= 11 is 0. The fourth-order valence-electron chi connectivity index (χ4n) is 4.60. The lowest BCUT2D eigenvalue weighted by Crippen LogP contribution is -2.40. The molecule has 2 fully saturated rings. The summed E-state index contributed by atoms with van der Waals surface area (Å²) in [6, 6.07) is 5.81. The van der Waals surface area contributed by atoms with Gasteiger partial charge in [0.2, 0.25) is 5.60 Å². The molecule has 4 rings (SSSR count). The van der Waals surface area contributed by atoms with Crippen LogP contribution in [0.2, 0.25) is 0 Å². The zero-order valence-electron chi connectivity index (χ0n) is 22.1. The van der Waals surface area contributed by atoms with Crippen LogP contribution in [0.1, 0.15) is 46.2 Å². The Morgan fingerprint density at radius 1 is 1.27 bits per heavy atom. The first-order valence-corrected chi connectivity index (χ1v) is 12.4. The molecule has 2 aromatic heterocycles. The van der Waals surface area contributed by atoms with Crippen molar-refractivity contribution >= 4 is 23.8 Å². The van der Waals surface area contributed by atoms with E-state index in [4.69, 9.17) is 23.7 Å². The molecule has 0 N–H and O–H groups in total. The Morgan fingerprint density at radius 3 is 2.70 bits per heavy atom. The summed E-state index contributed by atoms with van der Waals surface area (Å²) in [6.07, 6.45) is 1.77. The van der Waals surface area contributed by atoms with Crippen LogP contribution in [0, 0.1) is 17.2 Å². The van der Waals surface area contributed by atoms with E-state index in [-0.39, 0.29) is 19.1 Å². The Labute approximate surface area is 216 Å². The van der Waals surface area contributed by atoms with Crippen LogP contribution in [0.15, 0.2) is 23.5 Å². The summed E-state index contributed by atoms with van der Waals surface area (Å²) in [5.74, 6) is -0.269. The first kappa shape index (κ1) is 26.8. The minimum absolute atomic E-state index is 0.164. The second-order valence-corrected chi connectivity index (χ2v) is 9.89. The Bertz CT molecular complexity index is 1190. The minimum atomic E-state index is -1.59. The van der Waals surface area contributed by atoms with Crippen LogP contribution in [0.4, 0.5) is 10.6 Å². The average Bonchev–Trinajstić information content (AvgIpc) is 3.52. The van der Waals surface area contributed by atoms with Crippen LogP contribution in [-0.2, 0) is 29.3 Å². The van der Waals surface area contributed by atoms with E-state index in [1.807, 2.05) is 27.9 Å². The van der Waals surface area contributed by atoms with Crippen molar-refractivity contribution in [1.29, 1.82) is 5.26 Å². The van der Waals surface area contributed by atoms with Gasteiger partial charge in [0.05, 0.1) is 18.6 Å². The molecule has 2 aliphatic heterocycles. The number of aliphatic imine (C=N–C) groups is 1. The quantitative estimate of drug-likeness (QED) is 0.279. The van der Waals surface area contributed by atoms with Crippen molar-refractivity contribution in [3.63, 3.8) is 0 Å². The Kier molecular flexibility index (Phi) is 7.68. The number of hydrogen-bond donors (Lipinski definition) is 0. The second-order valence-electron chi connectivity index (χ2n) is 9.89. The van der Waals surface area contributed by atoms with Crippen molar-refractivity contribution in [2.45, 2.75) is 70.2 Å². The predicted molar refractivity (Wildman–Crippen MR) is 132 cm³/mol. The van der Waals surface area contributed by atoms with Crippen LogP contribution in [-0.4, -0.2) is 83.4 Å². The van der Waals surface area contributed by atoms with Crippen molar-refractivity contribution in [2.75, 3.05) is 27.3 Å². The standard InChI is InChI=1S/C25H34N6O6/c1-7-16(8-2)11-33-23(32)34-12-18-20-21(37-24(3,4)36-20)25(13-26,35-18)19-10-9-17-22(28-15-30(5)6)27-14-29-31(17)19/h9-10,14-16,18,20-21H,7-8,11-12H2,1-6H3/b28-15-/t18-,20-,21-,25+/m1/s1. The average molecular weight is 515 g/mol. The van der Waals surface area contributed by atoms with Gasteiger partial charge in [0.15, 0.2) is 11.6 Å². The third-order valence-electron chi connectivity index (χ3n) is 6.58. The van der Waals surface area contributed by atoms with Gasteiger partial charge in [-0.05, 0) is 31.9 Å². The third kappa shape index (κ3) is 5.25. The molecule has 0 bridgehead atoms. The molecule has 37 heavy (non-hydrogen) atoms. The number of ether oxygens (including phenoxy) is 5. The van der Waals surface area contributed by atoms with E-state index < -0.39 is 35.9 Å². The maximum absolute atomic E-state index is 12.3. The van der Waals surface area contributed by atoms with Gasteiger partial charge in [0.1, 0.15) is 42.8 Å². The first-order valence-electron chi connectivity index (χ1n) is 12.4. The Balaban J connectivity index is 1.61. The summed E-state index contributed by atoms with van der Waals surface area (Å²) in [6.45, 7) is 7.74. The summed E-state index contributed by atoms with van der Waals surface area (Å²) < 4.78 is 30.8. The van der Waals surface area contributed by atoms with Crippen LogP contribution in [0.25, 0.3) is 5.52 Å². The molecular formula is C25H34N6O6. The number of carbonyl (C=O) groups excluding carboxylic acids is 1. The van der Waals surface area contributed by atoms with E-state index in [2.05, 4.69) is 21.1 Å². The fraction of sp³-hybridized carbons (Fsp3) is 0.640. The molecular weight excluding hydrogens is 480 g/mol. The van der Waals surface area contributed by atoms with E-state index in [9.17, 15) is 10.1 Å². The molecule has 0 amide bonds. The predicted octanol–water partition coefficient (Wildman–Crippen LogP) is 3.18. The van der Waals surface area contributed by atoms with Gasteiger partial charge in [-0.1, -0.05) is 26.7 Å². The normalized spacial score (nSPS) is 26.5. The molecule has 4 heterocycles. The number of hydrogen-bond acceptors (Lipinski definition) is 10. The van der Waals surface area contributed by atoms with E-state index in [0.717, 1.165) is 12.8 Å². The van der Waals surface area contributed by atoms with Gasteiger partial charge in [-0.15, -0.1) is 0 Å². The summed E-state index contributed by atoms with van der Waals surface area (Å²) in [7, 11) is 3.71. The summed E-state index contributed by atoms with van der Waals surface area (Å²) in [4.78, 5) is 22.7. The molecule has 0 spiro atoms. The SMILES string of the molecule is CCC(CC)COC(=O)OC[C@H]1O[C@@](C#N)(c2ccc3c(/N=C\N(C)C)ncnn23)[C@@H]2OC(C)(C)O[C@@H]21. The molecule has 2 saturated heterocycles. The monoisotopic (exact) mass is 514 g/mol. The highest BCUT2D eigenvalue weighted by atomic mass is 16.8. The zero-order chi connectivity index (χ0) is 26.8. The lowest BCUT2D eigenvalue weighted by Gasteiger charge is -2.28. The van der Waals surface area contributed by atoms with Crippen LogP contribution in [0.3, 0.4) is 0 Å². The van der Waals surface area contributed by atoms with E-state index in [1.54, 1.807) is 41.7 Å². The summed E-state index contributed by atoms with van der Waals surface area (Å²) in [5, 5.41) is 14.8. The van der Waals surface area contributed by atoms with E-state index in [0.29, 0.717) is 17.0 Å². The van der Waals surface area contributed by atoms with Gasteiger partial charge in [-0.2, -0.15) is 10.4 Å². The largest absolute Gasteiger partial charge is 0.508 e. The molecule has 12 nitrogen and oxygen atoms in total. The highest BCUT2D eigenvalue weighted by Gasteiger charge is 2.65. The Morgan fingerprint density at radius 2 is 2.03 bits per heavy atom. The molecule has 12 heteroatoms. The molecule has 0 saturated carbocycles. The lowest BCUT2D eigenvalue weighted by molar-refractivity contribution is -0.205. The van der Waals surface area contributed by atoms with E-state index in [1.165, 1.54) is 6.33 Å². The number of carbonyl (C=O) groups is 1. The zero-order valence-corrected chi connectivity index (χ0v) is 22.1. The highest BCUT2D eigenvalue weighted by Crippen LogP contribution is 2.49. The van der Waals surface area contributed by atoms with Crippen molar-refractivity contribution in [3.05, 3.63) is 24.2 Å². The molecule has 0 unspecified atom stereocenters. The van der Waals surface area contributed by atoms with Gasteiger partial charge in [0.25, 0.3) is 0 Å². The fourth-order valence-corrected chi connectivity index (χ4v) is 4.60. The number of nitriles is 1. The number of aromatic nitrogens is 3. The van der Waals surface area contributed by atoms with Crippen molar-refractivity contribution in [2.24, 2.45) is 10.9 Å². The molecule has 0 aromatic carbocycles. The van der Waals surface area contributed by atoms with Crippen molar-refractivity contribution in [1.82, 2.24) is 19.5 Å². The minimum Gasteiger partial charge on any atom is -0.434 e. The second kappa shape index (κ2) is 10.6. The van der Waals surface area contributed by atoms with Gasteiger partial charge in [-0.25, -0.2) is 19.3 Å². The number of nitrogens with zero attached hydrogens (tertiary/aromatic N) is 6. The number of rotatable bonds is 9. The van der Waals surface area contributed by atoms with Gasteiger partial charge < -0.3 is 28.6 Å². The number of fused-ring (bicyclic) bond motifs is 2. The third-order valence-corrected chi connectivity index (χ3v) is 6.58. The molecule has 200 valence electrons.